The first-order valence-corrected chi connectivity index (χ1v) is 49.1. The average molecular weight is 1800 g/mol. The monoisotopic (exact) mass is 1800 g/mol. The molecule has 0 radical (unpaired) electrons. The van der Waals surface area contributed by atoms with Crippen LogP contribution >= 0.6 is 0 Å². The molecule has 0 fully saturated rings. The lowest BCUT2D eigenvalue weighted by atomic mass is 9.83. The number of fused-ring (bicyclic) bond motifs is 15. The normalized spacial score (nSPS) is 12.0. The number of hydrogen-bond donors (Lipinski definition) is 0. The molecule has 0 N–H and O–H groups in total. The average Bonchev–Trinajstić information content (AvgIpc) is 1.58. The van der Waals surface area contributed by atoms with Gasteiger partial charge in [-0.3, -0.25) is 0 Å². The topological polar surface area (TPSA) is 24.6 Å². The largest absolute Gasteiger partial charge is 0.335 e. The van der Waals surface area contributed by atoms with Gasteiger partial charge < -0.3 is 22.8 Å². The maximum absolute atomic E-state index is 2.46. The van der Waals surface area contributed by atoms with E-state index in [-0.39, 0.29) is 27.2 Å². The fourth-order valence-corrected chi connectivity index (χ4v) is 21.0. The number of benzene rings is 19. The highest BCUT2D eigenvalue weighted by Gasteiger charge is 2.30. The van der Waals surface area contributed by atoms with Crippen molar-refractivity contribution in [3.8, 4) is 78.4 Å². The second kappa shape index (κ2) is 37.3. The quantitative estimate of drug-likeness (QED) is 0.138. The standard InChI is InChI=1S/4C28H25N.C22H21N/c1-28(2,3)24-18-10-17-23-26-22(20-12-6-4-7-13-20)16-11-19-25(26)29(27(23)24)21-14-8-5-9-15-21;1-28(2,3)23-17-11-19-25-27(23)26-22(20-12-6-4-7-13-20)16-10-18-24(26)29(25)21-14-8-5-9-15-21;1-28(2,3)21-17-18-25-24(19-21)27-23(20-11-6-4-7-12-20)15-10-16-26(27)29(25)22-13-8-5-9-14-22;1-28(2,3)21-17-18-24-26(19-21)29(22-13-8-5-9-14-22)25-16-10-15-23(27(24)25)20-11-6-4-7-12-20;1-22(2,3)23-19-14-8-7-12-18(19)21-17(13-9-15-20(21)23)16-10-5-4-6-11-16/h4*4-19H,1-3H3;4-15H,1-3H3. The van der Waals surface area contributed by atoms with E-state index in [9.17, 15) is 0 Å². The van der Waals surface area contributed by atoms with E-state index in [2.05, 4.69) is 588 Å². The molecule has 0 saturated heterocycles. The zero-order chi connectivity index (χ0) is 96.1. The maximum atomic E-state index is 2.46. The van der Waals surface area contributed by atoms with Crippen molar-refractivity contribution in [2.24, 2.45) is 0 Å². The fourth-order valence-electron chi connectivity index (χ4n) is 21.0. The summed E-state index contributed by atoms with van der Waals surface area (Å²) in [5.74, 6) is 0. The lowest BCUT2D eigenvalue weighted by Crippen LogP contribution is -2.21. The molecule has 0 amide bonds. The van der Waals surface area contributed by atoms with E-state index in [4.69, 9.17) is 0 Å². The first kappa shape index (κ1) is 91.0. The molecular formula is C134H121N5. The molecule has 0 atom stereocenters. The predicted octanol–water partition coefficient (Wildman–Crippen LogP) is 37.2. The fraction of sp³-hybridized carbons (Fsp3) is 0.149. The highest BCUT2D eigenvalue weighted by Crippen LogP contribution is 2.49. The summed E-state index contributed by atoms with van der Waals surface area (Å²) in [4.78, 5) is 0. The van der Waals surface area contributed by atoms with E-state index < -0.39 is 0 Å². The van der Waals surface area contributed by atoms with Gasteiger partial charge in [0.15, 0.2) is 0 Å². The van der Waals surface area contributed by atoms with Crippen LogP contribution in [0.1, 0.15) is 126 Å². The van der Waals surface area contributed by atoms with Gasteiger partial charge in [0.25, 0.3) is 0 Å². The Balaban J connectivity index is 0.000000107. The van der Waals surface area contributed by atoms with Crippen molar-refractivity contribution >= 4 is 109 Å². The molecule has 5 nitrogen and oxygen atoms in total. The zero-order valence-corrected chi connectivity index (χ0v) is 82.6. The molecule has 24 rings (SSSR count). The Morgan fingerprint density at radius 1 is 0.158 bits per heavy atom. The van der Waals surface area contributed by atoms with Gasteiger partial charge in [0.2, 0.25) is 0 Å². The van der Waals surface area contributed by atoms with E-state index in [0.29, 0.717) is 0 Å². The van der Waals surface area contributed by atoms with Crippen molar-refractivity contribution in [2.75, 3.05) is 0 Å². The molecule has 0 aliphatic rings. The molecule has 24 aromatic rings. The molecule has 139 heavy (non-hydrogen) atoms. The van der Waals surface area contributed by atoms with Crippen LogP contribution in [0.5, 0.6) is 0 Å². The van der Waals surface area contributed by atoms with Gasteiger partial charge in [0.05, 0.1) is 49.7 Å². The summed E-state index contributed by atoms with van der Waals surface area (Å²) in [6.45, 7) is 34.3. The van der Waals surface area contributed by atoms with Crippen molar-refractivity contribution in [1.29, 1.82) is 0 Å². The molecular weight excluding hydrogens is 1680 g/mol. The van der Waals surface area contributed by atoms with Crippen LogP contribution in [0.4, 0.5) is 0 Å². The predicted molar refractivity (Wildman–Crippen MR) is 600 cm³/mol. The molecule has 0 bridgehead atoms. The van der Waals surface area contributed by atoms with Crippen molar-refractivity contribution < 1.29 is 0 Å². The van der Waals surface area contributed by atoms with E-state index in [1.165, 1.54) is 210 Å². The minimum Gasteiger partial charge on any atom is -0.335 e. The van der Waals surface area contributed by atoms with Crippen molar-refractivity contribution in [3.05, 3.63) is 483 Å². The Morgan fingerprint density at radius 2 is 0.432 bits per heavy atom. The number of para-hydroxylation sites is 6. The van der Waals surface area contributed by atoms with Crippen LogP contribution in [0.25, 0.3) is 187 Å². The molecule has 0 spiro atoms. The van der Waals surface area contributed by atoms with Crippen molar-refractivity contribution in [3.63, 3.8) is 0 Å². The minimum atomic E-state index is 0.0384. The Bertz CT molecular complexity index is 8430. The van der Waals surface area contributed by atoms with Gasteiger partial charge in [-0.1, -0.05) is 435 Å². The van der Waals surface area contributed by atoms with Crippen molar-refractivity contribution in [2.45, 2.75) is 131 Å². The van der Waals surface area contributed by atoms with Gasteiger partial charge in [-0.05, 0) is 230 Å². The van der Waals surface area contributed by atoms with Gasteiger partial charge in [0, 0.05) is 87.7 Å². The smallest absolute Gasteiger partial charge is 0.0578 e. The summed E-state index contributed by atoms with van der Waals surface area (Å²) in [7, 11) is 0. The Morgan fingerprint density at radius 3 is 0.842 bits per heavy atom. The van der Waals surface area contributed by atoms with Gasteiger partial charge in [-0.25, -0.2) is 0 Å². The third-order valence-electron chi connectivity index (χ3n) is 27.4. The highest BCUT2D eigenvalue weighted by atomic mass is 15.1. The highest BCUT2D eigenvalue weighted by molar-refractivity contribution is 6.21. The van der Waals surface area contributed by atoms with Gasteiger partial charge in [-0.15, -0.1) is 0 Å². The molecule has 0 unspecified atom stereocenters. The number of aromatic nitrogens is 5. The molecule has 19 aromatic carbocycles. The first-order chi connectivity index (χ1) is 67.3. The number of rotatable bonds is 9. The van der Waals surface area contributed by atoms with Crippen LogP contribution in [0.2, 0.25) is 0 Å². The SMILES string of the molecule is CC(C)(C)c1ccc2c(c1)c1c(-c3ccccc3)cccc1n2-c1ccccc1.CC(C)(C)c1ccc2c3c(-c4ccccc4)cccc3n(-c3ccccc3)c2c1.CC(C)(C)c1cccc2c1c1c(-c3ccccc3)cccc1n2-c1ccccc1.CC(C)(C)c1cccc2c3c(-c4ccccc4)cccc3n(-c3ccccc3)c12.CC(C)(C)n1c2ccccc2c2c(-c3ccccc3)cccc21. The minimum absolute atomic E-state index is 0.0384. The van der Waals surface area contributed by atoms with Crippen LogP contribution in [-0.2, 0) is 27.2 Å². The molecule has 0 aliphatic carbocycles. The molecule has 5 heterocycles. The first-order valence-electron chi connectivity index (χ1n) is 49.1. The number of nitrogens with zero attached hydrogens (tertiary/aromatic N) is 5. The van der Waals surface area contributed by atoms with E-state index in [0.717, 1.165) is 0 Å². The third kappa shape index (κ3) is 17.5. The lowest BCUT2D eigenvalue weighted by molar-refractivity contribution is 0.423. The molecule has 5 aromatic heterocycles. The second-order valence-corrected chi connectivity index (χ2v) is 41.9. The van der Waals surface area contributed by atoms with Gasteiger partial charge in [-0.2, -0.15) is 0 Å². The summed E-state index contributed by atoms with van der Waals surface area (Å²) in [5, 5.41) is 13.3. The Hall–Kier alpha value is -15.8. The lowest BCUT2D eigenvalue weighted by Gasteiger charge is -2.24. The van der Waals surface area contributed by atoms with Crippen LogP contribution in [0, 0.1) is 0 Å². The van der Waals surface area contributed by atoms with Gasteiger partial charge >= 0.3 is 0 Å². The summed E-state index contributed by atoms with van der Waals surface area (Å²) >= 11 is 0. The summed E-state index contributed by atoms with van der Waals surface area (Å²) in [6.07, 6.45) is 0. The summed E-state index contributed by atoms with van der Waals surface area (Å²) in [5.41, 5.74) is 36.1. The van der Waals surface area contributed by atoms with Crippen LogP contribution in [0.15, 0.2) is 461 Å². The second-order valence-electron chi connectivity index (χ2n) is 41.9. The van der Waals surface area contributed by atoms with Crippen molar-refractivity contribution in [1.82, 2.24) is 22.8 Å². The van der Waals surface area contributed by atoms with Crippen LogP contribution < -0.4 is 0 Å². The van der Waals surface area contributed by atoms with E-state index >= 15 is 0 Å². The molecule has 0 saturated carbocycles. The molecule has 0 aliphatic heterocycles. The maximum Gasteiger partial charge on any atom is 0.0578 e. The summed E-state index contributed by atoms with van der Waals surface area (Å²) < 4.78 is 12.1. The number of hydrogen-bond acceptors (Lipinski definition) is 0. The molecule has 682 valence electrons. The van der Waals surface area contributed by atoms with Crippen LogP contribution in [0.3, 0.4) is 0 Å². The Kier molecular flexibility index (Phi) is 24.4. The van der Waals surface area contributed by atoms with E-state index in [1.54, 1.807) is 0 Å². The Labute approximate surface area is 818 Å². The summed E-state index contributed by atoms with van der Waals surface area (Å²) in [6, 6.07) is 166. The van der Waals surface area contributed by atoms with E-state index in [1.807, 2.05) is 0 Å². The zero-order valence-electron chi connectivity index (χ0n) is 82.6. The third-order valence-corrected chi connectivity index (χ3v) is 27.4. The van der Waals surface area contributed by atoms with Gasteiger partial charge in [0.1, 0.15) is 0 Å². The van der Waals surface area contributed by atoms with Crippen LogP contribution in [-0.4, -0.2) is 22.8 Å². The molecule has 5 heteroatoms.